The molecular formula is C9H10Cl2N2O3S. The van der Waals surface area contributed by atoms with Crippen molar-refractivity contribution in [1.29, 1.82) is 0 Å². The van der Waals surface area contributed by atoms with E-state index >= 15 is 0 Å². The van der Waals surface area contributed by atoms with Gasteiger partial charge < -0.3 is 5.32 Å². The minimum absolute atomic E-state index is 0.184. The maximum absolute atomic E-state index is 11.4. The lowest BCUT2D eigenvalue weighted by Crippen LogP contribution is -2.19. The Balaban J connectivity index is 3.09. The molecule has 0 aliphatic carbocycles. The van der Waals surface area contributed by atoms with Gasteiger partial charge in [0.25, 0.3) is 5.91 Å². The number of hydrogen-bond acceptors (Lipinski definition) is 3. The average Bonchev–Trinajstić information content (AvgIpc) is 2.30. The Bertz CT molecular complexity index is 531. The number of sulfonamides is 1. The van der Waals surface area contributed by atoms with Gasteiger partial charge in [-0.05, 0) is 18.2 Å². The largest absolute Gasteiger partial charge is 0.355 e. The molecule has 0 aliphatic heterocycles. The van der Waals surface area contributed by atoms with Crippen LogP contribution in [0.4, 0.5) is 5.69 Å². The Kier molecular flexibility index (Phi) is 4.62. The second-order valence-electron chi connectivity index (χ2n) is 3.10. The standard InChI is InChI=1S/C9H10Cl2N2O3S/c1-12-9(14)7-4-6(2-3-8(7)11)13-17(15,16)5-10/h2-4,13H,5H2,1H3,(H,12,14). The topological polar surface area (TPSA) is 75.3 Å². The van der Waals surface area contributed by atoms with Crippen molar-refractivity contribution in [2.45, 2.75) is 0 Å². The van der Waals surface area contributed by atoms with E-state index in [1.807, 2.05) is 0 Å². The van der Waals surface area contributed by atoms with Crippen molar-refractivity contribution in [3.63, 3.8) is 0 Å². The molecule has 0 spiro atoms. The van der Waals surface area contributed by atoms with Gasteiger partial charge in [0.05, 0.1) is 10.6 Å². The zero-order valence-corrected chi connectivity index (χ0v) is 11.2. The van der Waals surface area contributed by atoms with E-state index < -0.39 is 21.1 Å². The molecule has 0 unspecified atom stereocenters. The molecule has 0 heterocycles. The first kappa shape index (κ1) is 14.1. The lowest BCUT2D eigenvalue weighted by atomic mass is 10.2. The first-order chi connectivity index (χ1) is 7.89. The number of anilines is 1. The molecule has 0 aliphatic rings. The van der Waals surface area contributed by atoms with Crippen LogP contribution < -0.4 is 10.0 Å². The van der Waals surface area contributed by atoms with E-state index in [2.05, 4.69) is 10.0 Å². The minimum atomic E-state index is -3.59. The Morgan fingerprint density at radius 1 is 1.41 bits per heavy atom. The molecule has 8 heteroatoms. The number of alkyl halides is 1. The molecule has 1 aromatic rings. The van der Waals surface area contributed by atoms with Crippen LogP contribution in [0.25, 0.3) is 0 Å². The lowest BCUT2D eigenvalue weighted by molar-refractivity contribution is 0.0963. The average molecular weight is 297 g/mol. The SMILES string of the molecule is CNC(=O)c1cc(NS(=O)(=O)CCl)ccc1Cl. The molecule has 0 saturated carbocycles. The van der Waals surface area contributed by atoms with E-state index in [9.17, 15) is 13.2 Å². The number of rotatable bonds is 4. The molecular weight excluding hydrogens is 287 g/mol. The summed E-state index contributed by atoms with van der Waals surface area (Å²) >= 11 is 11.1. The maximum Gasteiger partial charge on any atom is 0.252 e. The van der Waals surface area contributed by atoms with E-state index in [-0.39, 0.29) is 16.3 Å². The van der Waals surface area contributed by atoms with Crippen LogP contribution in [0.1, 0.15) is 10.4 Å². The fraction of sp³-hybridized carbons (Fsp3) is 0.222. The third-order valence-corrected chi connectivity index (χ3v) is 3.88. The molecule has 0 atom stereocenters. The summed E-state index contributed by atoms with van der Waals surface area (Å²) < 4.78 is 24.7. The predicted molar refractivity (Wildman–Crippen MR) is 68.1 cm³/mol. The highest BCUT2D eigenvalue weighted by Crippen LogP contribution is 2.21. The second-order valence-corrected chi connectivity index (χ2v) is 5.81. The van der Waals surface area contributed by atoms with Crippen molar-refractivity contribution >= 4 is 44.8 Å². The molecule has 0 radical (unpaired) electrons. The molecule has 0 aromatic heterocycles. The van der Waals surface area contributed by atoms with Gasteiger partial charge in [0, 0.05) is 12.7 Å². The predicted octanol–water partition coefficient (Wildman–Crippen LogP) is 1.64. The van der Waals surface area contributed by atoms with Gasteiger partial charge in [0.1, 0.15) is 5.21 Å². The van der Waals surface area contributed by atoms with Crippen molar-refractivity contribution in [2.24, 2.45) is 0 Å². The summed E-state index contributed by atoms with van der Waals surface area (Å²) in [6.07, 6.45) is 0. The van der Waals surface area contributed by atoms with Gasteiger partial charge in [-0.2, -0.15) is 0 Å². The molecule has 1 aromatic carbocycles. The van der Waals surface area contributed by atoms with Crippen molar-refractivity contribution in [3.8, 4) is 0 Å². The highest BCUT2D eigenvalue weighted by atomic mass is 35.5. The van der Waals surface area contributed by atoms with Crippen molar-refractivity contribution in [2.75, 3.05) is 17.0 Å². The van der Waals surface area contributed by atoms with Gasteiger partial charge in [0.15, 0.2) is 0 Å². The number of carbonyl (C=O) groups is 1. The van der Waals surface area contributed by atoms with Crippen LogP contribution in [0.2, 0.25) is 5.02 Å². The molecule has 2 N–H and O–H groups in total. The van der Waals surface area contributed by atoms with Crippen LogP contribution in [0.3, 0.4) is 0 Å². The van der Waals surface area contributed by atoms with Crippen LogP contribution in [0.15, 0.2) is 18.2 Å². The van der Waals surface area contributed by atoms with Crippen molar-refractivity contribution in [1.82, 2.24) is 5.32 Å². The summed E-state index contributed by atoms with van der Waals surface area (Å²) in [6.45, 7) is 0. The summed E-state index contributed by atoms with van der Waals surface area (Å²) in [6, 6.07) is 4.21. The van der Waals surface area contributed by atoms with Gasteiger partial charge in [-0.1, -0.05) is 11.6 Å². The summed E-state index contributed by atoms with van der Waals surface area (Å²) in [5.41, 5.74) is 0.414. The van der Waals surface area contributed by atoms with Crippen LogP contribution >= 0.6 is 23.2 Å². The highest BCUT2D eigenvalue weighted by molar-refractivity contribution is 7.93. The van der Waals surface area contributed by atoms with Gasteiger partial charge >= 0.3 is 0 Å². The fourth-order valence-corrected chi connectivity index (χ4v) is 2.01. The van der Waals surface area contributed by atoms with Crippen molar-refractivity contribution < 1.29 is 13.2 Å². The molecule has 94 valence electrons. The number of hydrogen-bond donors (Lipinski definition) is 2. The van der Waals surface area contributed by atoms with Crippen LogP contribution in [0.5, 0.6) is 0 Å². The van der Waals surface area contributed by atoms with E-state index in [1.54, 1.807) is 0 Å². The Morgan fingerprint density at radius 2 is 2.06 bits per heavy atom. The zero-order chi connectivity index (χ0) is 13.1. The van der Waals surface area contributed by atoms with Crippen LogP contribution in [0, 0.1) is 0 Å². The van der Waals surface area contributed by atoms with Gasteiger partial charge in [-0.25, -0.2) is 8.42 Å². The first-order valence-electron chi connectivity index (χ1n) is 4.47. The summed E-state index contributed by atoms with van der Waals surface area (Å²) in [5, 5.41) is 2.07. The molecule has 1 rings (SSSR count). The van der Waals surface area contributed by atoms with E-state index in [0.29, 0.717) is 0 Å². The van der Waals surface area contributed by atoms with Crippen molar-refractivity contribution in [3.05, 3.63) is 28.8 Å². The van der Waals surface area contributed by atoms with Gasteiger partial charge in [0.2, 0.25) is 10.0 Å². The van der Waals surface area contributed by atoms with E-state index in [4.69, 9.17) is 23.2 Å². The molecule has 0 bridgehead atoms. The van der Waals surface area contributed by atoms with E-state index in [1.165, 1.54) is 25.2 Å². The molecule has 17 heavy (non-hydrogen) atoms. The smallest absolute Gasteiger partial charge is 0.252 e. The lowest BCUT2D eigenvalue weighted by Gasteiger charge is -2.08. The van der Waals surface area contributed by atoms with Gasteiger partial charge in [-0.3, -0.25) is 9.52 Å². The highest BCUT2D eigenvalue weighted by Gasteiger charge is 2.13. The Hall–Kier alpha value is -0.980. The zero-order valence-electron chi connectivity index (χ0n) is 8.83. The third-order valence-electron chi connectivity index (χ3n) is 1.86. The Labute approximate surface area is 109 Å². The maximum atomic E-state index is 11.4. The van der Waals surface area contributed by atoms with Crippen LogP contribution in [-0.4, -0.2) is 26.6 Å². The first-order valence-corrected chi connectivity index (χ1v) is 7.04. The van der Waals surface area contributed by atoms with Gasteiger partial charge in [-0.15, -0.1) is 11.6 Å². The number of amides is 1. The summed E-state index contributed by atoms with van der Waals surface area (Å²) in [7, 11) is -2.14. The minimum Gasteiger partial charge on any atom is -0.355 e. The van der Waals surface area contributed by atoms with Crippen LogP contribution in [-0.2, 0) is 10.0 Å². The third kappa shape index (κ3) is 3.76. The number of benzene rings is 1. The quantitative estimate of drug-likeness (QED) is 0.830. The monoisotopic (exact) mass is 296 g/mol. The number of carbonyl (C=O) groups excluding carboxylic acids is 1. The molecule has 1 amide bonds. The number of nitrogens with one attached hydrogen (secondary N) is 2. The number of halogens is 2. The molecule has 5 nitrogen and oxygen atoms in total. The fourth-order valence-electron chi connectivity index (χ4n) is 1.10. The van der Waals surface area contributed by atoms with E-state index in [0.717, 1.165) is 0 Å². The summed E-state index contributed by atoms with van der Waals surface area (Å²) in [4.78, 5) is 11.4. The summed E-state index contributed by atoms with van der Waals surface area (Å²) in [5.74, 6) is -0.401. The molecule has 0 saturated heterocycles. The second kappa shape index (κ2) is 5.57. The molecule has 0 fully saturated rings. The Morgan fingerprint density at radius 3 is 2.59 bits per heavy atom. The normalized spacial score (nSPS) is 11.0.